The Balaban J connectivity index is 2.15. The Morgan fingerprint density at radius 2 is 1.82 bits per heavy atom. The molecule has 0 radical (unpaired) electrons. The van der Waals surface area contributed by atoms with Crippen LogP contribution in [0.2, 0.25) is 5.02 Å². The molecule has 0 saturated heterocycles. The van der Waals surface area contributed by atoms with E-state index in [0.717, 1.165) is 29.8 Å². The number of rotatable bonds is 4. The number of ether oxygens (including phenoxy) is 2. The molecule has 5 nitrogen and oxygen atoms in total. The molecule has 1 aliphatic heterocycles. The molecule has 1 heterocycles. The molecular formula is C21H22ClNO4S. The minimum absolute atomic E-state index is 0.0339. The number of fused-ring (bicyclic) bond motifs is 1. The Morgan fingerprint density at radius 3 is 2.43 bits per heavy atom. The third-order valence-electron chi connectivity index (χ3n) is 4.62. The Bertz CT molecular complexity index is 898. The summed E-state index contributed by atoms with van der Waals surface area (Å²) in [7, 11) is 0. The molecule has 148 valence electrons. The number of esters is 2. The van der Waals surface area contributed by atoms with Gasteiger partial charge in [0.1, 0.15) is 0 Å². The predicted octanol–water partition coefficient (Wildman–Crippen LogP) is 4.19. The van der Waals surface area contributed by atoms with E-state index in [0.29, 0.717) is 11.4 Å². The lowest BCUT2D eigenvalue weighted by Gasteiger charge is -2.22. The van der Waals surface area contributed by atoms with Crippen molar-refractivity contribution in [1.29, 1.82) is 0 Å². The quantitative estimate of drug-likeness (QED) is 0.455. The SMILES string of the molecule is CSc1ccc(C2CNCCc3c2cc(OC(C)=O)c(OC(C)=O)c3Cl)cc1. The van der Waals surface area contributed by atoms with E-state index in [-0.39, 0.29) is 17.4 Å². The summed E-state index contributed by atoms with van der Waals surface area (Å²) >= 11 is 8.32. The second-order valence-corrected chi connectivity index (χ2v) is 7.81. The van der Waals surface area contributed by atoms with E-state index in [1.54, 1.807) is 17.8 Å². The summed E-state index contributed by atoms with van der Waals surface area (Å²) in [5.74, 6) is -0.726. The number of hydrogen-bond acceptors (Lipinski definition) is 6. The first-order valence-corrected chi connectivity index (χ1v) is 10.6. The summed E-state index contributed by atoms with van der Waals surface area (Å²) in [6.07, 6.45) is 2.72. The van der Waals surface area contributed by atoms with Gasteiger partial charge in [0.2, 0.25) is 0 Å². The molecule has 0 saturated carbocycles. The molecule has 0 bridgehead atoms. The molecule has 2 aromatic rings. The largest absolute Gasteiger partial charge is 0.423 e. The predicted molar refractivity (Wildman–Crippen MR) is 111 cm³/mol. The first kappa shape index (κ1) is 20.7. The van der Waals surface area contributed by atoms with Crippen molar-refractivity contribution in [2.45, 2.75) is 31.1 Å². The maximum absolute atomic E-state index is 11.6. The number of benzene rings is 2. The van der Waals surface area contributed by atoms with Crippen LogP contribution in [0.15, 0.2) is 35.2 Å². The van der Waals surface area contributed by atoms with Crippen LogP contribution in [-0.4, -0.2) is 31.3 Å². The highest BCUT2D eigenvalue weighted by atomic mass is 35.5. The third-order valence-corrected chi connectivity index (χ3v) is 5.76. The molecule has 2 aromatic carbocycles. The highest BCUT2D eigenvalue weighted by Crippen LogP contribution is 2.44. The van der Waals surface area contributed by atoms with E-state index in [4.69, 9.17) is 21.1 Å². The van der Waals surface area contributed by atoms with Gasteiger partial charge in [0.25, 0.3) is 0 Å². The maximum Gasteiger partial charge on any atom is 0.308 e. The molecule has 28 heavy (non-hydrogen) atoms. The topological polar surface area (TPSA) is 64.6 Å². The standard InChI is InChI=1S/C21H22ClNO4S/c1-12(24)26-19-10-17-16(20(22)21(19)27-13(2)25)8-9-23-11-18(17)14-4-6-15(28-3)7-5-14/h4-7,10,18,23H,8-9,11H2,1-3H3. The van der Waals surface area contributed by atoms with Crippen molar-refractivity contribution >= 4 is 35.3 Å². The molecule has 0 fully saturated rings. The Labute approximate surface area is 173 Å². The number of nitrogens with one attached hydrogen (secondary N) is 1. The number of thioether (sulfide) groups is 1. The van der Waals surface area contributed by atoms with Gasteiger partial charge in [-0.25, -0.2) is 0 Å². The Hall–Kier alpha value is -2.02. The normalized spacial score (nSPS) is 16.1. The molecular weight excluding hydrogens is 398 g/mol. The van der Waals surface area contributed by atoms with Gasteiger partial charge in [0.15, 0.2) is 11.5 Å². The van der Waals surface area contributed by atoms with Gasteiger partial charge in [-0.1, -0.05) is 23.7 Å². The fraction of sp³-hybridized carbons (Fsp3) is 0.333. The van der Waals surface area contributed by atoms with E-state index in [9.17, 15) is 9.59 Å². The summed E-state index contributed by atoms with van der Waals surface area (Å²) in [6.45, 7) is 4.07. The van der Waals surface area contributed by atoms with E-state index >= 15 is 0 Å². The second-order valence-electron chi connectivity index (χ2n) is 6.55. The van der Waals surface area contributed by atoms with Crippen LogP contribution < -0.4 is 14.8 Å². The minimum atomic E-state index is -0.522. The molecule has 0 aliphatic carbocycles. The fourth-order valence-electron chi connectivity index (χ4n) is 3.40. The molecule has 1 N–H and O–H groups in total. The number of carbonyl (C=O) groups is 2. The molecule has 0 spiro atoms. The monoisotopic (exact) mass is 419 g/mol. The third kappa shape index (κ3) is 4.51. The summed E-state index contributed by atoms with van der Waals surface area (Å²) in [5, 5.41) is 3.76. The molecule has 7 heteroatoms. The molecule has 1 atom stereocenters. The summed E-state index contributed by atoms with van der Waals surface area (Å²) in [6, 6.07) is 10.2. The summed E-state index contributed by atoms with van der Waals surface area (Å²) < 4.78 is 10.6. The highest BCUT2D eigenvalue weighted by Gasteiger charge is 2.28. The van der Waals surface area contributed by atoms with E-state index in [1.807, 2.05) is 6.26 Å². The Kier molecular flexibility index (Phi) is 6.65. The van der Waals surface area contributed by atoms with Crippen molar-refractivity contribution in [3.05, 3.63) is 52.0 Å². The van der Waals surface area contributed by atoms with E-state index in [1.165, 1.54) is 18.7 Å². The molecule has 1 aliphatic rings. The zero-order valence-corrected chi connectivity index (χ0v) is 17.6. The van der Waals surface area contributed by atoms with Crippen LogP contribution in [0.1, 0.15) is 36.5 Å². The van der Waals surface area contributed by atoms with Crippen molar-refractivity contribution in [3.8, 4) is 11.5 Å². The van der Waals surface area contributed by atoms with Crippen molar-refractivity contribution < 1.29 is 19.1 Å². The van der Waals surface area contributed by atoms with Crippen LogP contribution in [-0.2, 0) is 16.0 Å². The zero-order chi connectivity index (χ0) is 20.3. The average Bonchev–Trinajstić information content (AvgIpc) is 2.87. The van der Waals surface area contributed by atoms with Crippen LogP contribution >= 0.6 is 23.4 Å². The first-order chi connectivity index (χ1) is 13.4. The molecule has 1 unspecified atom stereocenters. The van der Waals surface area contributed by atoms with Crippen LogP contribution in [0.25, 0.3) is 0 Å². The van der Waals surface area contributed by atoms with Crippen molar-refractivity contribution in [1.82, 2.24) is 5.32 Å². The molecule has 0 amide bonds. The first-order valence-electron chi connectivity index (χ1n) is 8.97. The lowest BCUT2D eigenvalue weighted by molar-refractivity contribution is -0.134. The lowest BCUT2D eigenvalue weighted by Crippen LogP contribution is -2.20. The number of halogens is 1. The fourth-order valence-corrected chi connectivity index (χ4v) is 4.15. The van der Waals surface area contributed by atoms with Crippen LogP contribution in [0.5, 0.6) is 11.5 Å². The zero-order valence-electron chi connectivity index (χ0n) is 16.0. The van der Waals surface area contributed by atoms with Gasteiger partial charge < -0.3 is 14.8 Å². The van der Waals surface area contributed by atoms with Crippen LogP contribution in [0, 0.1) is 0 Å². The van der Waals surface area contributed by atoms with Gasteiger partial charge in [-0.2, -0.15) is 0 Å². The molecule has 0 aromatic heterocycles. The van der Waals surface area contributed by atoms with Gasteiger partial charge in [0.05, 0.1) is 5.02 Å². The van der Waals surface area contributed by atoms with Crippen molar-refractivity contribution in [2.75, 3.05) is 19.3 Å². The smallest absolute Gasteiger partial charge is 0.308 e. The van der Waals surface area contributed by atoms with Gasteiger partial charge in [0, 0.05) is 31.2 Å². The van der Waals surface area contributed by atoms with E-state index < -0.39 is 11.9 Å². The molecule has 3 rings (SSSR count). The van der Waals surface area contributed by atoms with Crippen LogP contribution in [0.4, 0.5) is 0 Å². The number of carbonyl (C=O) groups excluding carboxylic acids is 2. The number of hydrogen-bond donors (Lipinski definition) is 1. The summed E-state index contributed by atoms with van der Waals surface area (Å²) in [5.41, 5.74) is 3.01. The minimum Gasteiger partial charge on any atom is -0.423 e. The maximum atomic E-state index is 11.6. The Morgan fingerprint density at radius 1 is 1.14 bits per heavy atom. The van der Waals surface area contributed by atoms with Crippen molar-refractivity contribution in [2.24, 2.45) is 0 Å². The second kappa shape index (κ2) is 8.99. The van der Waals surface area contributed by atoms with Gasteiger partial charge in [-0.15, -0.1) is 11.8 Å². The van der Waals surface area contributed by atoms with E-state index in [2.05, 4.69) is 29.6 Å². The lowest BCUT2D eigenvalue weighted by atomic mass is 9.87. The van der Waals surface area contributed by atoms with Crippen LogP contribution in [0.3, 0.4) is 0 Å². The van der Waals surface area contributed by atoms with Gasteiger partial charge >= 0.3 is 11.9 Å². The van der Waals surface area contributed by atoms with Gasteiger partial charge in [-0.05, 0) is 54.1 Å². The highest BCUT2D eigenvalue weighted by molar-refractivity contribution is 7.98. The van der Waals surface area contributed by atoms with Gasteiger partial charge in [-0.3, -0.25) is 9.59 Å². The van der Waals surface area contributed by atoms with Crippen molar-refractivity contribution in [3.63, 3.8) is 0 Å². The average molecular weight is 420 g/mol. The summed E-state index contributed by atoms with van der Waals surface area (Å²) in [4.78, 5) is 24.3.